The number of para-hydroxylation sites is 2. The van der Waals surface area contributed by atoms with Crippen molar-refractivity contribution in [2.45, 2.75) is 19.4 Å². The van der Waals surface area contributed by atoms with Crippen molar-refractivity contribution in [1.82, 2.24) is 0 Å². The lowest BCUT2D eigenvalue weighted by Gasteiger charge is -2.16. The normalized spacial score (nSPS) is 12.1. The van der Waals surface area contributed by atoms with Crippen molar-refractivity contribution in [3.8, 4) is 0 Å². The molecule has 16 heavy (non-hydrogen) atoms. The molecule has 1 aromatic carbocycles. The Labute approximate surface area is 99.6 Å². The maximum atomic E-state index is 10.8. The number of nitro benzene ring substituents is 1. The summed E-state index contributed by atoms with van der Waals surface area (Å²) in [6.07, 6.45) is 2.98. The summed E-state index contributed by atoms with van der Waals surface area (Å²) in [6.45, 7) is 2.07. The maximum Gasteiger partial charge on any atom is 0.292 e. The van der Waals surface area contributed by atoms with Gasteiger partial charge in [0.05, 0.1) is 4.92 Å². The van der Waals surface area contributed by atoms with E-state index in [2.05, 4.69) is 12.2 Å². The van der Waals surface area contributed by atoms with Gasteiger partial charge in [0.1, 0.15) is 5.69 Å². The molecule has 1 atom stereocenters. The summed E-state index contributed by atoms with van der Waals surface area (Å²) in [6, 6.07) is 7.03. The quantitative estimate of drug-likeness (QED) is 0.613. The van der Waals surface area contributed by atoms with Crippen molar-refractivity contribution < 1.29 is 4.92 Å². The van der Waals surface area contributed by atoms with Crippen molar-refractivity contribution in [2.24, 2.45) is 0 Å². The number of hydrogen-bond donors (Lipinski definition) is 1. The van der Waals surface area contributed by atoms with E-state index < -0.39 is 0 Å². The van der Waals surface area contributed by atoms with Crippen molar-refractivity contribution >= 4 is 23.1 Å². The summed E-state index contributed by atoms with van der Waals surface area (Å²) in [5, 5.41) is 14.0. The van der Waals surface area contributed by atoms with Crippen LogP contribution in [-0.4, -0.2) is 23.0 Å². The highest BCUT2D eigenvalue weighted by atomic mass is 32.2. The number of anilines is 1. The van der Waals surface area contributed by atoms with Gasteiger partial charge >= 0.3 is 0 Å². The van der Waals surface area contributed by atoms with Crippen LogP contribution >= 0.6 is 11.8 Å². The lowest BCUT2D eigenvalue weighted by Crippen LogP contribution is -2.21. The minimum absolute atomic E-state index is 0.141. The Balaban J connectivity index is 2.82. The molecule has 0 saturated carbocycles. The molecule has 1 N–H and O–H groups in total. The van der Waals surface area contributed by atoms with Gasteiger partial charge in [-0.05, 0) is 18.7 Å². The second kappa shape index (κ2) is 6.37. The van der Waals surface area contributed by atoms with Gasteiger partial charge in [0.15, 0.2) is 0 Å². The fourth-order valence-corrected chi connectivity index (χ4v) is 2.16. The fourth-order valence-electron chi connectivity index (χ4n) is 1.44. The molecule has 1 unspecified atom stereocenters. The van der Waals surface area contributed by atoms with E-state index in [9.17, 15) is 10.1 Å². The topological polar surface area (TPSA) is 55.2 Å². The molecule has 0 aliphatic heterocycles. The van der Waals surface area contributed by atoms with Crippen LogP contribution in [0.1, 0.15) is 13.3 Å². The van der Waals surface area contributed by atoms with E-state index in [1.807, 2.05) is 6.26 Å². The first-order valence-corrected chi connectivity index (χ1v) is 6.57. The third-order valence-corrected chi connectivity index (χ3v) is 3.06. The zero-order valence-electron chi connectivity index (χ0n) is 9.47. The molecular formula is C11H16N2O2S. The average Bonchev–Trinajstić information content (AvgIpc) is 2.29. The molecule has 0 heterocycles. The van der Waals surface area contributed by atoms with Crippen LogP contribution in [0.5, 0.6) is 0 Å². The first-order chi connectivity index (χ1) is 7.69. The van der Waals surface area contributed by atoms with E-state index in [0.29, 0.717) is 5.69 Å². The van der Waals surface area contributed by atoms with Crippen LogP contribution in [0.15, 0.2) is 24.3 Å². The number of hydrogen-bond acceptors (Lipinski definition) is 4. The fraction of sp³-hybridized carbons (Fsp3) is 0.455. The second-order valence-corrected chi connectivity index (χ2v) is 4.39. The minimum Gasteiger partial charge on any atom is -0.376 e. The van der Waals surface area contributed by atoms with Crippen LogP contribution in [-0.2, 0) is 0 Å². The second-order valence-electron chi connectivity index (χ2n) is 3.48. The molecule has 88 valence electrons. The summed E-state index contributed by atoms with van der Waals surface area (Å²) in [4.78, 5) is 10.5. The van der Waals surface area contributed by atoms with E-state index in [1.165, 1.54) is 6.07 Å². The van der Waals surface area contributed by atoms with Gasteiger partial charge in [0.2, 0.25) is 0 Å². The minimum atomic E-state index is -0.353. The molecule has 1 rings (SSSR count). The smallest absolute Gasteiger partial charge is 0.292 e. The summed E-state index contributed by atoms with van der Waals surface area (Å²) in [5.74, 6) is 0.947. The number of nitro groups is 1. The molecule has 0 amide bonds. The molecule has 1 aromatic rings. The van der Waals surface area contributed by atoms with E-state index in [1.54, 1.807) is 30.0 Å². The van der Waals surface area contributed by atoms with Crippen molar-refractivity contribution in [3.63, 3.8) is 0 Å². The third kappa shape index (κ3) is 3.41. The Kier molecular flexibility index (Phi) is 5.11. The van der Waals surface area contributed by atoms with Crippen LogP contribution in [0.25, 0.3) is 0 Å². The van der Waals surface area contributed by atoms with Gasteiger partial charge in [-0.1, -0.05) is 19.1 Å². The summed E-state index contributed by atoms with van der Waals surface area (Å²) < 4.78 is 0. The van der Waals surface area contributed by atoms with Crippen molar-refractivity contribution in [2.75, 3.05) is 17.3 Å². The lowest BCUT2D eigenvalue weighted by atomic mass is 10.2. The highest BCUT2D eigenvalue weighted by Gasteiger charge is 2.14. The first kappa shape index (κ1) is 12.8. The van der Waals surface area contributed by atoms with Gasteiger partial charge < -0.3 is 5.32 Å². The Morgan fingerprint density at radius 2 is 2.19 bits per heavy atom. The third-order valence-electron chi connectivity index (χ3n) is 2.32. The Bertz CT molecular complexity index is 358. The van der Waals surface area contributed by atoms with E-state index in [4.69, 9.17) is 0 Å². The van der Waals surface area contributed by atoms with E-state index in [-0.39, 0.29) is 16.7 Å². The van der Waals surface area contributed by atoms with Gasteiger partial charge in [-0.25, -0.2) is 0 Å². The largest absolute Gasteiger partial charge is 0.376 e. The molecule has 0 bridgehead atoms. The molecule has 4 nitrogen and oxygen atoms in total. The number of benzene rings is 1. The monoisotopic (exact) mass is 240 g/mol. The summed E-state index contributed by atoms with van der Waals surface area (Å²) in [5.41, 5.74) is 0.746. The van der Waals surface area contributed by atoms with Gasteiger partial charge in [-0.2, -0.15) is 11.8 Å². The number of rotatable bonds is 6. The number of thioether (sulfide) groups is 1. The van der Waals surface area contributed by atoms with Crippen LogP contribution in [0.3, 0.4) is 0 Å². The molecule has 0 aliphatic rings. The van der Waals surface area contributed by atoms with Crippen LogP contribution < -0.4 is 5.32 Å². The summed E-state index contributed by atoms with van der Waals surface area (Å²) >= 11 is 1.74. The molecule has 5 heteroatoms. The molecule has 0 radical (unpaired) electrons. The Hall–Kier alpha value is -1.23. The zero-order valence-corrected chi connectivity index (χ0v) is 10.3. The average molecular weight is 240 g/mol. The molecule has 0 aliphatic carbocycles. The predicted octanol–water partition coefficient (Wildman–Crippen LogP) is 3.15. The van der Waals surface area contributed by atoms with Gasteiger partial charge in [-0.3, -0.25) is 10.1 Å². The van der Waals surface area contributed by atoms with Crippen LogP contribution in [0.2, 0.25) is 0 Å². The van der Waals surface area contributed by atoms with Gasteiger partial charge in [-0.15, -0.1) is 0 Å². The predicted molar refractivity (Wildman–Crippen MR) is 69.2 cm³/mol. The number of nitrogens with zero attached hydrogens (tertiary/aromatic N) is 1. The van der Waals surface area contributed by atoms with Crippen LogP contribution in [0.4, 0.5) is 11.4 Å². The Morgan fingerprint density at radius 3 is 2.75 bits per heavy atom. The highest BCUT2D eigenvalue weighted by molar-refractivity contribution is 7.98. The van der Waals surface area contributed by atoms with Gasteiger partial charge in [0.25, 0.3) is 5.69 Å². The molecule has 0 aromatic heterocycles. The standard InChI is InChI=1S/C11H16N2O2S/c1-3-9(8-16-2)12-10-6-4-5-7-11(10)13(14)15/h4-7,9,12H,3,8H2,1-2H3. The van der Waals surface area contributed by atoms with Crippen molar-refractivity contribution in [3.05, 3.63) is 34.4 Å². The van der Waals surface area contributed by atoms with Crippen LogP contribution in [0, 0.1) is 10.1 Å². The zero-order chi connectivity index (χ0) is 12.0. The number of nitrogens with one attached hydrogen (secondary N) is 1. The maximum absolute atomic E-state index is 10.8. The highest BCUT2D eigenvalue weighted by Crippen LogP contribution is 2.24. The van der Waals surface area contributed by atoms with Crippen molar-refractivity contribution in [1.29, 1.82) is 0 Å². The molecule has 0 saturated heterocycles. The lowest BCUT2D eigenvalue weighted by molar-refractivity contribution is -0.384. The molecule has 0 spiro atoms. The van der Waals surface area contributed by atoms with E-state index >= 15 is 0 Å². The van der Waals surface area contributed by atoms with E-state index in [0.717, 1.165) is 12.2 Å². The molecule has 0 fully saturated rings. The molecular weight excluding hydrogens is 224 g/mol. The van der Waals surface area contributed by atoms with Gasteiger partial charge in [0, 0.05) is 17.9 Å². The first-order valence-electron chi connectivity index (χ1n) is 5.18. The SMILES string of the molecule is CCC(CSC)Nc1ccccc1[N+](=O)[O-]. The Morgan fingerprint density at radius 1 is 1.50 bits per heavy atom. The summed E-state index contributed by atoms with van der Waals surface area (Å²) in [7, 11) is 0.